The van der Waals surface area contributed by atoms with Crippen LogP contribution in [0.15, 0.2) is 0 Å². The van der Waals surface area contributed by atoms with E-state index in [9.17, 15) is 0 Å². The number of hydrogen-bond donors (Lipinski definition) is 3. The predicted molar refractivity (Wildman–Crippen MR) is 53.1 cm³/mol. The van der Waals surface area contributed by atoms with Crippen LogP contribution >= 0.6 is 0 Å². The van der Waals surface area contributed by atoms with Crippen LogP contribution < -0.4 is 11.6 Å². The van der Waals surface area contributed by atoms with E-state index in [1.54, 1.807) is 0 Å². The quantitative estimate of drug-likeness (QED) is 0.239. The molecule has 5 nitrogen and oxygen atoms in total. The molecule has 1 fully saturated rings. The summed E-state index contributed by atoms with van der Waals surface area (Å²) in [5.74, 6) is 5.41. The summed E-state index contributed by atoms with van der Waals surface area (Å²) in [6.45, 7) is 4.17. The third-order valence-electron chi connectivity index (χ3n) is 2.38. The molecule has 0 aromatic heterocycles. The number of hydrazine groups is 1. The molecule has 0 bridgehead atoms. The maximum absolute atomic E-state index is 7.05. The maximum atomic E-state index is 7.05. The first-order valence-corrected chi connectivity index (χ1v) is 4.79. The Morgan fingerprint density at radius 1 is 1.38 bits per heavy atom. The van der Waals surface area contributed by atoms with E-state index < -0.39 is 0 Å². The Morgan fingerprint density at radius 3 is 2.54 bits per heavy atom. The summed E-state index contributed by atoms with van der Waals surface area (Å²) in [4.78, 5) is 2.42. The molecule has 0 amide bonds. The topological polar surface area (TPSA) is 82.4 Å². The summed E-state index contributed by atoms with van der Waals surface area (Å²) in [6, 6.07) is 0. The molecule has 1 heterocycles. The average molecular weight is 185 g/mol. The lowest BCUT2D eigenvalue weighted by Gasteiger charge is -2.18. The lowest BCUT2D eigenvalue weighted by molar-refractivity contribution is 0.308. The highest BCUT2D eigenvalue weighted by Crippen LogP contribution is 2.07. The van der Waals surface area contributed by atoms with Crippen molar-refractivity contribution in [1.82, 2.24) is 9.91 Å². The van der Waals surface area contributed by atoms with Crippen LogP contribution in [0.1, 0.15) is 19.3 Å². The van der Waals surface area contributed by atoms with Gasteiger partial charge in [-0.25, -0.2) is 5.84 Å². The van der Waals surface area contributed by atoms with Crippen LogP contribution in [-0.4, -0.2) is 42.0 Å². The summed E-state index contributed by atoms with van der Waals surface area (Å²) in [5, 5.41) is 8.34. The van der Waals surface area contributed by atoms with Gasteiger partial charge in [-0.1, -0.05) is 0 Å². The summed E-state index contributed by atoms with van der Waals surface area (Å²) >= 11 is 0. The van der Waals surface area contributed by atoms with Crippen molar-refractivity contribution >= 4 is 5.96 Å². The van der Waals surface area contributed by atoms with Gasteiger partial charge in [0.1, 0.15) is 0 Å². The van der Waals surface area contributed by atoms with Gasteiger partial charge in [-0.15, -0.1) is 0 Å². The van der Waals surface area contributed by atoms with Crippen LogP contribution in [-0.2, 0) is 0 Å². The first-order chi connectivity index (χ1) is 6.20. The third kappa shape index (κ3) is 3.61. The second-order valence-corrected chi connectivity index (χ2v) is 3.48. The molecule has 5 heteroatoms. The Morgan fingerprint density at radius 2 is 2.00 bits per heavy atom. The molecule has 0 radical (unpaired) electrons. The first kappa shape index (κ1) is 10.3. The number of rotatable bonds is 4. The SMILES string of the molecule is N=C(N)N(N)CCCN1CCCC1. The Bertz CT molecular complexity index is 164. The summed E-state index contributed by atoms with van der Waals surface area (Å²) in [7, 11) is 0. The average Bonchev–Trinajstić information content (AvgIpc) is 2.56. The van der Waals surface area contributed by atoms with E-state index in [2.05, 4.69) is 4.90 Å². The highest BCUT2D eigenvalue weighted by atomic mass is 15.4. The van der Waals surface area contributed by atoms with Gasteiger partial charge in [0.2, 0.25) is 5.96 Å². The molecule has 0 spiro atoms. The normalized spacial score (nSPS) is 17.6. The van der Waals surface area contributed by atoms with Gasteiger partial charge in [-0.2, -0.15) is 0 Å². The van der Waals surface area contributed by atoms with Crippen LogP contribution in [0, 0.1) is 5.41 Å². The van der Waals surface area contributed by atoms with E-state index in [0.717, 1.165) is 13.0 Å². The molecule has 0 aromatic rings. The smallest absolute Gasteiger partial charge is 0.202 e. The number of likely N-dealkylation sites (tertiary alicyclic amines) is 1. The molecule has 1 rings (SSSR count). The van der Waals surface area contributed by atoms with Crippen molar-refractivity contribution in [2.75, 3.05) is 26.2 Å². The van der Waals surface area contributed by atoms with Crippen molar-refractivity contribution in [3.63, 3.8) is 0 Å². The molecule has 13 heavy (non-hydrogen) atoms. The van der Waals surface area contributed by atoms with Crippen molar-refractivity contribution in [2.24, 2.45) is 11.6 Å². The number of nitrogens with one attached hydrogen (secondary N) is 1. The second-order valence-electron chi connectivity index (χ2n) is 3.48. The van der Waals surface area contributed by atoms with Crippen LogP contribution in [0.3, 0.4) is 0 Å². The number of hydrogen-bond acceptors (Lipinski definition) is 3. The van der Waals surface area contributed by atoms with E-state index >= 15 is 0 Å². The Hall–Kier alpha value is -0.810. The minimum Gasteiger partial charge on any atom is -0.369 e. The largest absolute Gasteiger partial charge is 0.369 e. The van der Waals surface area contributed by atoms with Crippen molar-refractivity contribution < 1.29 is 0 Å². The molecule has 0 unspecified atom stereocenters. The monoisotopic (exact) mass is 185 g/mol. The number of nitrogens with zero attached hydrogens (tertiary/aromatic N) is 2. The van der Waals surface area contributed by atoms with Gasteiger partial charge in [0.05, 0.1) is 0 Å². The molecule has 1 saturated heterocycles. The zero-order chi connectivity index (χ0) is 9.68. The summed E-state index contributed by atoms with van der Waals surface area (Å²) in [5.41, 5.74) is 5.20. The van der Waals surface area contributed by atoms with Gasteiger partial charge < -0.3 is 10.6 Å². The van der Waals surface area contributed by atoms with E-state index in [4.69, 9.17) is 17.0 Å². The lowest BCUT2D eigenvalue weighted by Crippen LogP contribution is -2.43. The van der Waals surface area contributed by atoms with Gasteiger partial charge in [0.15, 0.2) is 0 Å². The fourth-order valence-electron chi connectivity index (χ4n) is 1.59. The number of guanidine groups is 1. The molecule has 1 aliphatic heterocycles. The molecule has 0 atom stereocenters. The number of nitrogens with two attached hydrogens (primary N) is 2. The van der Waals surface area contributed by atoms with Gasteiger partial charge >= 0.3 is 0 Å². The van der Waals surface area contributed by atoms with Crippen molar-refractivity contribution in [2.45, 2.75) is 19.3 Å². The van der Waals surface area contributed by atoms with Gasteiger partial charge in [0.25, 0.3) is 0 Å². The first-order valence-electron chi connectivity index (χ1n) is 4.79. The van der Waals surface area contributed by atoms with Gasteiger partial charge in [-0.3, -0.25) is 10.4 Å². The van der Waals surface area contributed by atoms with Crippen molar-refractivity contribution in [3.05, 3.63) is 0 Å². The molecule has 0 aromatic carbocycles. The standard InChI is InChI=1S/C8H19N5/c9-8(10)13(11)7-3-6-12-4-1-2-5-12/h1-7,11H2,(H3,9,10). The van der Waals surface area contributed by atoms with Crippen LogP contribution in [0.2, 0.25) is 0 Å². The molecule has 0 aliphatic carbocycles. The maximum Gasteiger partial charge on any atom is 0.202 e. The lowest BCUT2D eigenvalue weighted by atomic mass is 10.4. The summed E-state index contributed by atoms with van der Waals surface area (Å²) < 4.78 is 0. The fraction of sp³-hybridized carbons (Fsp3) is 0.875. The summed E-state index contributed by atoms with van der Waals surface area (Å²) in [6.07, 6.45) is 3.62. The molecular formula is C8H19N5. The Labute approximate surface area is 79.1 Å². The van der Waals surface area contributed by atoms with E-state index in [-0.39, 0.29) is 5.96 Å². The van der Waals surface area contributed by atoms with Crippen molar-refractivity contribution in [1.29, 1.82) is 5.41 Å². The van der Waals surface area contributed by atoms with E-state index in [1.165, 1.54) is 30.9 Å². The van der Waals surface area contributed by atoms with Crippen LogP contribution in [0.25, 0.3) is 0 Å². The molecule has 76 valence electrons. The predicted octanol–water partition coefficient (Wildman–Crippen LogP) is -0.459. The highest BCUT2D eigenvalue weighted by molar-refractivity contribution is 5.73. The van der Waals surface area contributed by atoms with Crippen molar-refractivity contribution in [3.8, 4) is 0 Å². The fourth-order valence-corrected chi connectivity index (χ4v) is 1.59. The van der Waals surface area contributed by atoms with Gasteiger partial charge in [-0.05, 0) is 38.9 Å². The third-order valence-corrected chi connectivity index (χ3v) is 2.38. The Balaban J connectivity index is 2.02. The second kappa shape index (κ2) is 5.04. The Kier molecular flexibility index (Phi) is 3.98. The minimum atomic E-state index is -0.0542. The molecular weight excluding hydrogens is 166 g/mol. The molecule has 0 saturated carbocycles. The van der Waals surface area contributed by atoms with Gasteiger partial charge in [0, 0.05) is 6.54 Å². The zero-order valence-corrected chi connectivity index (χ0v) is 8.00. The van der Waals surface area contributed by atoms with Crippen LogP contribution in [0.5, 0.6) is 0 Å². The molecule has 1 aliphatic rings. The zero-order valence-electron chi connectivity index (χ0n) is 8.00. The highest BCUT2D eigenvalue weighted by Gasteiger charge is 2.10. The van der Waals surface area contributed by atoms with E-state index in [0.29, 0.717) is 6.54 Å². The minimum absolute atomic E-state index is 0.0542. The van der Waals surface area contributed by atoms with E-state index in [1.807, 2.05) is 0 Å². The molecule has 5 N–H and O–H groups in total. The van der Waals surface area contributed by atoms with Crippen LogP contribution in [0.4, 0.5) is 0 Å².